The number of hydrogen-bond donors (Lipinski definition) is 1. The molecule has 0 fully saturated rings. The second kappa shape index (κ2) is 3.21. The molecule has 0 aliphatic heterocycles. The van der Waals surface area contributed by atoms with Crippen LogP contribution in [0.3, 0.4) is 0 Å². The predicted molar refractivity (Wildman–Crippen MR) is 43.1 cm³/mol. The van der Waals surface area contributed by atoms with Crippen molar-refractivity contribution in [2.75, 3.05) is 7.11 Å². The molecule has 1 aromatic rings. The molecule has 0 bridgehead atoms. The van der Waals surface area contributed by atoms with E-state index in [1.807, 2.05) is 0 Å². The number of methoxy groups -OCH3 is 1. The van der Waals surface area contributed by atoms with Crippen LogP contribution < -0.4 is 5.56 Å². The van der Waals surface area contributed by atoms with Crippen LogP contribution in [-0.2, 0) is 4.74 Å². The minimum absolute atomic E-state index is 0.213. The highest BCUT2D eigenvalue weighted by Gasteiger charge is 2.08. The number of H-pyrrole nitrogens is 1. The van der Waals surface area contributed by atoms with E-state index in [0.717, 1.165) is 0 Å². The number of hydrogen-bond acceptors (Lipinski definition) is 3. The molecule has 0 radical (unpaired) electrons. The molecule has 0 unspecified atom stereocenters. The monoisotopic (exact) mass is 167 g/mol. The van der Waals surface area contributed by atoms with Crippen LogP contribution in [0.5, 0.6) is 0 Å². The van der Waals surface area contributed by atoms with Gasteiger partial charge in [0.05, 0.1) is 7.11 Å². The normalized spacial score (nSPS) is 9.50. The quantitative estimate of drug-likeness (QED) is 0.618. The van der Waals surface area contributed by atoms with Crippen LogP contribution in [0, 0.1) is 6.92 Å². The zero-order valence-corrected chi connectivity index (χ0v) is 6.88. The van der Waals surface area contributed by atoms with E-state index in [1.165, 1.54) is 13.2 Å². The van der Waals surface area contributed by atoms with Gasteiger partial charge in [-0.2, -0.15) is 0 Å². The minimum Gasteiger partial charge on any atom is -0.464 e. The van der Waals surface area contributed by atoms with Crippen LogP contribution >= 0.6 is 0 Å². The number of aromatic amines is 1. The first kappa shape index (κ1) is 8.52. The second-order valence-electron chi connectivity index (χ2n) is 2.37. The predicted octanol–water partition coefficient (Wildman–Crippen LogP) is 0.470. The average molecular weight is 167 g/mol. The van der Waals surface area contributed by atoms with Gasteiger partial charge in [0.1, 0.15) is 5.69 Å². The molecule has 1 N–H and O–H groups in total. The number of carbonyl (C=O) groups is 1. The summed E-state index contributed by atoms with van der Waals surface area (Å²) in [6, 6.07) is 2.94. The molecule has 1 aromatic heterocycles. The standard InChI is InChI=1S/C8H9NO3/c1-5-3-4-6(10)9-7(5)8(11)12-2/h3-4H,1-2H3,(H,9,10). The zero-order valence-electron chi connectivity index (χ0n) is 6.88. The van der Waals surface area contributed by atoms with E-state index in [2.05, 4.69) is 9.72 Å². The van der Waals surface area contributed by atoms with Crippen LogP contribution in [0.2, 0.25) is 0 Å². The molecule has 0 aromatic carbocycles. The van der Waals surface area contributed by atoms with Gasteiger partial charge >= 0.3 is 5.97 Å². The molecule has 1 heterocycles. The Labute approximate surface area is 69.2 Å². The highest BCUT2D eigenvalue weighted by molar-refractivity contribution is 5.88. The summed E-state index contributed by atoms with van der Waals surface area (Å²) in [5.41, 5.74) is 0.604. The van der Waals surface area contributed by atoms with Crippen molar-refractivity contribution >= 4 is 5.97 Å². The van der Waals surface area contributed by atoms with Gasteiger partial charge in [-0.25, -0.2) is 4.79 Å². The Kier molecular flexibility index (Phi) is 2.28. The van der Waals surface area contributed by atoms with E-state index in [1.54, 1.807) is 13.0 Å². The van der Waals surface area contributed by atoms with E-state index >= 15 is 0 Å². The highest BCUT2D eigenvalue weighted by atomic mass is 16.5. The van der Waals surface area contributed by atoms with Crippen molar-refractivity contribution in [2.45, 2.75) is 6.92 Å². The van der Waals surface area contributed by atoms with Crippen LogP contribution in [-0.4, -0.2) is 18.1 Å². The summed E-state index contributed by atoms with van der Waals surface area (Å²) in [6.07, 6.45) is 0. The molecular formula is C8H9NO3. The van der Waals surface area contributed by atoms with Crippen molar-refractivity contribution in [1.29, 1.82) is 0 Å². The molecule has 0 saturated heterocycles. The molecular weight excluding hydrogens is 158 g/mol. The number of rotatable bonds is 1. The van der Waals surface area contributed by atoms with E-state index in [-0.39, 0.29) is 11.3 Å². The summed E-state index contributed by atoms with van der Waals surface area (Å²) in [5.74, 6) is -0.523. The fourth-order valence-electron chi connectivity index (χ4n) is 0.862. The number of carbonyl (C=O) groups excluding carboxylic acids is 1. The van der Waals surface area contributed by atoms with Gasteiger partial charge in [0.25, 0.3) is 0 Å². The lowest BCUT2D eigenvalue weighted by Crippen LogP contribution is -2.14. The molecule has 0 aliphatic rings. The first-order valence-electron chi connectivity index (χ1n) is 3.43. The molecule has 1 rings (SSSR count). The Morgan fingerprint density at radius 3 is 2.75 bits per heavy atom. The van der Waals surface area contributed by atoms with Gasteiger partial charge in [-0.3, -0.25) is 4.79 Å². The SMILES string of the molecule is COC(=O)c1[nH]c(=O)ccc1C. The smallest absolute Gasteiger partial charge is 0.354 e. The highest BCUT2D eigenvalue weighted by Crippen LogP contribution is 2.01. The molecule has 64 valence electrons. The van der Waals surface area contributed by atoms with Crippen molar-refractivity contribution in [3.8, 4) is 0 Å². The van der Waals surface area contributed by atoms with Gasteiger partial charge in [-0.15, -0.1) is 0 Å². The zero-order chi connectivity index (χ0) is 9.14. The molecule has 4 heteroatoms. The van der Waals surface area contributed by atoms with Gasteiger partial charge in [0.2, 0.25) is 5.56 Å². The van der Waals surface area contributed by atoms with E-state index < -0.39 is 5.97 Å². The third-order valence-corrected chi connectivity index (χ3v) is 1.52. The number of aryl methyl sites for hydroxylation is 1. The fraction of sp³-hybridized carbons (Fsp3) is 0.250. The first-order chi connectivity index (χ1) is 5.65. The Hall–Kier alpha value is -1.58. The van der Waals surface area contributed by atoms with Crippen LogP contribution in [0.25, 0.3) is 0 Å². The maximum absolute atomic E-state index is 11.0. The summed E-state index contributed by atoms with van der Waals surface area (Å²) in [7, 11) is 1.27. The van der Waals surface area contributed by atoms with Crippen molar-refractivity contribution in [2.24, 2.45) is 0 Å². The molecule has 0 saturated carbocycles. The lowest BCUT2D eigenvalue weighted by atomic mass is 10.2. The second-order valence-corrected chi connectivity index (χ2v) is 2.37. The van der Waals surface area contributed by atoms with E-state index in [0.29, 0.717) is 5.56 Å². The minimum atomic E-state index is -0.523. The molecule has 12 heavy (non-hydrogen) atoms. The number of nitrogens with one attached hydrogen (secondary N) is 1. The Balaban J connectivity index is 3.22. The Morgan fingerprint density at radius 2 is 2.17 bits per heavy atom. The van der Waals surface area contributed by atoms with Crippen LogP contribution in [0.15, 0.2) is 16.9 Å². The number of esters is 1. The average Bonchev–Trinajstić information content (AvgIpc) is 2.08. The summed E-state index contributed by atoms with van der Waals surface area (Å²) in [5, 5.41) is 0. The van der Waals surface area contributed by atoms with Crippen molar-refractivity contribution in [1.82, 2.24) is 4.98 Å². The largest absolute Gasteiger partial charge is 0.464 e. The third-order valence-electron chi connectivity index (χ3n) is 1.52. The lowest BCUT2D eigenvalue weighted by Gasteiger charge is -2.01. The molecule has 4 nitrogen and oxygen atoms in total. The third kappa shape index (κ3) is 1.53. The van der Waals surface area contributed by atoms with E-state index in [4.69, 9.17) is 0 Å². The molecule has 0 atom stereocenters. The summed E-state index contributed by atoms with van der Waals surface area (Å²) in [4.78, 5) is 24.2. The maximum atomic E-state index is 11.0. The van der Waals surface area contributed by atoms with Gasteiger partial charge < -0.3 is 9.72 Å². The number of pyridine rings is 1. The topological polar surface area (TPSA) is 59.2 Å². The molecule has 0 aliphatic carbocycles. The number of ether oxygens (including phenoxy) is 1. The maximum Gasteiger partial charge on any atom is 0.354 e. The fourth-order valence-corrected chi connectivity index (χ4v) is 0.862. The Morgan fingerprint density at radius 1 is 1.50 bits per heavy atom. The number of aromatic nitrogens is 1. The van der Waals surface area contributed by atoms with Crippen LogP contribution in [0.1, 0.15) is 16.1 Å². The Bertz CT molecular complexity index is 354. The van der Waals surface area contributed by atoms with Crippen molar-refractivity contribution in [3.05, 3.63) is 33.7 Å². The van der Waals surface area contributed by atoms with Gasteiger partial charge in [-0.05, 0) is 12.5 Å². The first-order valence-corrected chi connectivity index (χ1v) is 3.43. The van der Waals surface area contributed by atoms with Crippen molar-refractivity contribution in [3.63, 3.8) is 0 Å². The van der Waals surface area contributed by atoms with Gasteiger partial charge in [0.15, 0.2) is 0 Å². The summed E-state index contributed by atoms with van der Waals surface area (Å²) in [6.45, 7) is 1.72. The summed E-state index contributed by atoms with van der Waals surface area (Å²) >= 11 is 0. The lowest BCUT2D eigenvalue weighted by molar-refractivity contribution is 0.0593. The van der Waals surface area contributed by atoms with Gasteiger partial charge in [-0.1, -0.05) is 6.07 Å². The van der Waals surface area contributed by atoms with Gasteiger partial charge in [0, 0.05) is 6.07 Å². The molecule has 0 amide bonds. The van der Waals surface area contributed by atoms with Crippen molar-refractivity contribution < 1.29 is 9.53 Å². The molecule has 0 spiro atoms. The van der Waals surface area contributed by atoms with E-state index in [9.17, 15) is 9.59 Å². The summed E-state index contributed by atoms with van der Waals surface area (Å²) < 4.78 is 4.46. The van der Waals surface area contributed by atoms with Crippen LogP contribution in [0.4, 0.5) is 0 Å².